The predicted molar refractivity (Wildman–Crippen MR) is 93.9 cm³/mol. The summed E-state index contributed by atoms with van der Waals surface area (Å²) in [5, 5.41) is 3.71. The van der Waals surface area contributed by atoms with Crippen molar-refractivity contribution < 1.29 is 4.79 Å². The number of hydrogen-bond donors (Lipinski definition) is 1. The average Bonchev–Trinajstić information content (AvgIpc) is 2.81. The molecule has 4 heteroatoms. The van der Waals surface area contributed by atoms with E-state index in [0.29, 0.717) is 6.42 Å². The first-order valence-corrected chi connectivity index (χ1v) is 8.05. The molecule has 1 aliphatic heterocycles. The van der Waals surface area contributed by atoms with Crippen LogP contribution in [0.3, 0.4) is 0 Å². The molecule has 1 aromatic rings. The maximum atomic E-state index is 11.6. The fourth-order valence-corrected chi connectivity index (χ4v) is 2.72. The van der Waals surface area contributed by atoms with Crippen LogP contribution in [-0.4, -0.2) is 24.0 Å². The molecule has 112 valence electrons. The molecular weight excluding hydrogens is 292 g/mol. The van der Waals surface area contributed by atoms with E-state index in [4.69, 9.17) is 6.42 Å². The summed E-state index contributed by atoms with van der Waals surface area (Å²) in [4.78, 5) is 16.0. The van der Waals surface area contributed by atoms with E-state index in [0.717, 1.165) is 22.9 Å². The van der Waals surface area contributed by atoms with Crippen molar-refractivity contribution in [1.82, 2.24) is 5.32 Å². The minimum Gasteiger partial charge on any atom is -0.345 e. The summed E-state index contributed by atoms with van der Waals surface area (Å²) in [5.41, 5.74) is 2.20. The zero-order chi connectivity index (χ0) is 15.6. The molecule has 1 amide bonds. The Labute approximate surface area is 135 Å². The molecule has 1 aromatic carbocycles. The van der Waals surface area contributed by atoms with Crippen LogP contribution in [0, 0.1) is 12.3 Å². The molecule has 1 N–H and O–H groups in total. The monoisotopic (exact) mass is 310 g/mol. The number of terminal acetylenes is 1. The van der Waals surface area contributed by atoms with Crippen LogP contribution in [0.4, 0.5) is 0 Å². The number of aliphatic imine (C=N–C) groups is 1. The van der Waals surface area contributed by atoms with Crippen LogP contribution >= 0.6 is 11.8 Å². The van der Waals surface area contributed by atoms with Gasteiger partial charge < -0.3 is 5.32 Å². The zero-order valence-corrected chi connectivity index (χ0v) is 13.1. The molecule has 0 aromatic heterocycles. The van der Waals surface area contributed by atoms with E-state index >= 15 is 0 Å². The van der Waals surface area contributed by atoms with E-state index in [1.54, 1.807) is 11.8 Å². The molecule has 0 spiro atoms. The van der Waals surface area contributed by atoms with Crippen molar-refractivity contribution in [3.63, 3.8) is 0 Å². The normalized spacial score (nSPS) is 13.1. The lowest BCUT2D eigenvalue weighted by atomic mass is 10.1. The zero-order valence-electron chi connectivity index (χ0n) is 12.3. The van der Waals surface area contributed by atoms with Crippen molar-refractivity contribution in [2.75, 3.05) is 13.1 Å². The molecule has 0 unspecified atom stereocenters. The highest BCUT2D eigenvalue weighted by molar-refractivity contribution is 8.13. The van der Waals surface area contributed by atoms with Gasteiger partial charge >= 0.3 is 0 Å². The number of carbonyl (C=O) groups is 1. The summed E-state index contributed by atoms with van der Waals surface area (Å²) < 4.78 is 0. The average molecular weight is 310 g/mol. The molecule has 22 heavy (non-hydrogen) atoms. The van der Waals surface area contributed by atoms with Gasteiger partial charge in [-0.2, -0.15) is 0 Å². The number of nitrogens with zero attached hydrogens (tertiary/aromatic N) is 1. The van der Waals surface area contributed by atoms with Crippen molar-refractivity contribution >= 4 is 22.7 Å². The molecule has 0 bridgehead atoms. The number of hydrogen-bond acceptors (Lipinski definition) is 3. The number of benzene rings is 1. The molecule has 2 rings (SSSR count). The predicted octanol–water partition coefficient (Wildman–Crippen LogP) is 2.74. The Balaban J connectivity index is 1.83. The topological polar surface area (TPSA) is 41.5 Å². The van der Waals surface area contributed by atoms with Gasteiger partial charge in [-0.3, -0.25) is 9.79 Å². The SMILES string of the molecule is C#CCNC(=O)Cc1ccc(CSC2=NCC=CC=C2)cc1. The Bertz CT molecular complexity index is 636. The lowest BCUT2D eigenvalue weighted by Crippen LogP contribution is -2.25. The van der Waals surface area contributed by atoms with Crippen LogP contribution in [0.15, 0.2) is 53.6 Å². The molecule has 0 aliphatic carbocycles. The first-order valence-electron chi connectivity index (χ1n) is 7.06. The van der Waals surface area contributed by atoms with Crippen LogP contribution in [0.25, 0.3) is 0 Å². The molecule has 1 heterocycles. The van der Waals surface area contributed by atoms with Crippen molar-refractivity contribution in [3.05, 3.63) is 59.7 Å². The number of nitrogens with one attached hydrogen (secondary N) is 1. The molecular formula is C18H18N2OS. The molecule has 0 radical (unpaired) electrons. The standard InChI is InChI=1S/C18H18N2OS/c1-2-11-19-17(21)13-15-7-9-16(10-8-15)14-22-18-6-4-3-5-12-20-18/h1,3-10H,11-14H2,(H,19,21). The highest BCUT2D eigenvalue weighted by Crippen LogP contribution is 2.16. The lowest BCUT2D eigenvalue weighted by Gasteiger charge is -2.05. The number of carbonyl (C=O) groups excluding carboxylic acids is 1. The van der Waals surface area contributed by atoms with Gasteiger partial charge in [0.05, 0.1) is 24.6 Å². The second-order valence-corrected chi connectivity index (χ2v) is 5.72. The van der Waals surface area contributed by atoms with Crippen molar-refractivity contribution in [3.8, 4) is 12.3 Å². The first kappa shape index (κ1) is 16.1. The number of thioether (sulfide) groups is 1. The van der Waals surface area contributed by atoms with Gasteiger partial charge in [0.2, 0.25) is 5.91 Å². The third-order valence-electron chi connectivity index (χ3n) is 3.00. The van der Waals surface area contributed by atoms with E-state index in [1.807, 2.05) is 36.4 Å². The Morgan fingerprint density at radius 1 is 1.27 bits per heavy atom. The summed E-state index contributed by atoms with van der Waals surface area (Å²) in [6.07, 6.45) is 13.5. The van der Waals surface area contributed by atoms with Gasteiger partial charge in [-0.25, -0.2) is 0 Å². The van der Waals surface area contributed by atoms with Crippen molar-refractivity contribution in [1.29, 1.82) is 0 Å². The van der Waals surface area contributed by atoms with Gasteiger partial charge in [0.1, 0.15) is 0 Å². The van der Waals surface area contributed by atoms with E-state index in [1.165, 1.54) is 5.56 Å². The van der Waals surface area contributed by atoms with Crippen molar-refractivity contribution in [2.45, 2.75) is 12.2 Å². The maximum Gasteiger partial charge on any atom is 0.225 e. The minimum atomic E-state index is -0.0504. The summed E-state index contributed by atoms with van der Waals surface area (Å²) in [7, 11) is 0. The largest absolute Gasteiger partial charge is 0.345 e. The van der Waals surface area contributed by atoms with Crippen LogP contribution in [-0.2, 0) is 17.0 Å². The Morgan fingerprint density at radius 2 is 2.05 bits per heavy atom. The third kappa shape index (κ3) is 5.63. The van der Waals surface area contributed by atoms with E-state index in [9.17, 15) is 4.79 Å². The number of rotatable bonds is 5. The summed E-state index contributed by atoms with van der Waals surface area (Å²) in [6, 6.07) is 8.07. The van der Waals surface area contributed by atoms with Crippen LogP contribution in [0.2, 0.25) is 0 Å². The summed E-state index contributed by atoms with van der Waals surface area (Å²) in [5.74, 6) is 3.21. The van der Waals surface area contributed by atoms with Gasteiger partial charge in [-0.1, -0.05) is 48.4 Å². The molecule has 0 fully saturated rings. The molecule has 0 saturated heterocycles. The highest BCUT2D eigenvalue weighted by Gasteiger charge is 2.03. The van der Waals surface area contributed by atoms with E-state index < -0.39 is 0 Å². The second kappa shape index (κ2) is 8.91. The quantitative estimate of drug-likeness (QED) is 0.850. The van der Waals surface area contributed by atoms with Gasteiger partial charge in [0, 0.05) is 5.75 Å². The smallest absolute Gasteiger partial charge is 0.225 e. The molecule has 3 nitrogen and oxygen atoms in total. The number of allylic oxidation sites excluding steroid dienone is 2. The summed E-state index contributed by atoms with van der Waals surface area (Å²) >= 11 is 1.72. The third-order valence-corrected chi connectivity index (χ3v) is 4.04. The molecule has 0 atom stereocenters. The number of amides is 1. The fourth-order valence-electron chi connectivity index (χ4n) is 1.87. The molecule has 1 aliphatic rings. The minimum absolute atomic E-state index is 0.0504. The first-order chi connectivity index (χ1) is 10.8. The van der Waals surface area contributed by atoms with Crippen LogP contribution < -0.4 is 5.32 Å². The van der Waals surface area contributed by atoms with E-state index in [2.05, 4.69) is 28.4 Å². The fraction of sp³-hybridized carbons (Fsp3) is 0.222. The van der Waals surface area contributed by atoms with Gasteiger partial charge in [-0.05, 0) is 17.2 Å². The lowest BCUT2D eigenvalue weighted by molar-refractivity contribution is -0.120. The molecule has 0 saturated carbocycles. The second-order valence-electron chi connectivity index (χ2n) is 4.73. The maximum absolute atomic E-state index is 11.6. The van der Waals surface area contributed by atoms with Gasteiger partial charge in [0.25, 0.3) is 0 Å². The van der Waals surface area contributed by atoms with E-state index in [-0.39, 0.29) is 12.5 Å². The van der Waals surface area contributed by atoms with Gasteiger partial charge in [0.15, 0.2) is 0 Å². The Hall–Kier alpha value is -2.25. The highest BCUT2D eigenvalue weighted by atomic mass is 32.2. The van der Waals surface area contributed by atoms with Crippen LogP contribution in [0.5, 0.6) is 0 Å². The Kier molecular flexibility index (Phi) is 6.53. The Morgan fingerprint density at radius 3 is 2.82 bits per heavy atom. The van der Waals surface area contributed by atoms with Crippen LogP contribution in [0.1, 0.15) is 11.1 Å². The van der Waals surface area contributed by atoms with Gasteiger partial charge in [-0.15, -0.1) is 18.2 Å². The van der Waals surface area contributed by atoms with Crippen molar-refractivity contribution in [2.24, 2.45) is 4.99 Å². The summed E-state index contributed by atoms with van der Waals surface area (Å²) in [6.45, 7) is 1.01.